The lowest BCUT2D eigenvalue weighted by Gasteiger charge is -2.06. The van der Waals surface area contributed by atoms with Crippen LogP contribution in [0.4, 0.5) is 5.95 Å². The third-order valence-electron chi connectivity index (χ3n) is 3.59. The fraction of sp³-hybridized carbons (Fsp3) is 0.0667. The summed E-state index contributed by atoms with van der Waals surface area (Å²) in [4.78, 5) is 39.5. The lowest BCUT2D eigenvalue weighted by molar-refractivity contribution is 1.04. The average Bonchev–Trinajstić information content (AvgIpc) is 2.92. The zero-order chi connectivity index (χ0) is 16.7. The van der Waals surface area contributed by atoms with Crippen LogP contribution < -0.4 is 16.6 Å². The van der Waals surface area contributed by atoms with E-state index in [-0.39, 0.29) is 17.8 Å². The zero-order valence-electron chi connectivity index (χ0n) is 12.2. The standard InChI is InChI=1S/C15H11ClN6O2/c16-9-1-2-10-7(4-9)3-8(13(23)19-10)5-17-14-18-6-11-12(21-14)22-15(24)20-11/h1-4,6H,5H2,(H,19,23)(H3,17,18,20,21,22,24). The molecule has 4 rings (SSSR count). The van der Waals surface area contributed by atoms with Crippen LogP contribution >= 0.6 is 11.6 Å². The van der Waals surface area contributed by atoms with Crippen molar-refractivity contribution in [2.75, 3.05) is 5.32 Å². The van der Waals surface area contributed by atoms with E-state index >= 15 is 0 Å². The van der Waals surface area contributed by atoms with Crippen molar-refractivity contribution in [3.05, 3.63) is 61.9 Å². The van der Waals surface area contributed by atoms with Crippen LogP contribution in [0.1, 0.15) is 5.56 Å². The fourth-order valence-corrected chi connectivity index (χ4v) is 2.62. The number of aromatic amines is 3. The van der Waals surface area contributed by atoms with Crippen molar-refractivity contribution in [3.63, 3.8) is 0 Å². The second kappa shape index (κ2) is 5.50. The lowest BCUT2D eigenvalue weighted by Crippen LogP contribution is -2.16. The van der Waals surface area contributed by atoms with E-state index in [1.165, 1.54) is 6.20 Å². The number of aromatic nitrogens is 5. The molecule has 0 amide bonds. The van der Waals surface area contributed by atoms with Gasteiger partial charge in [0.15, 0.2) is 5.65 Å². The average molecular weight is 343 g/mol. The molecule has 3 aromatic heterocycles. The highest BCUT2D eigenvalue weighted by Crippen LogP contribution is 2.17. The SMILES string of the molecule is O=c1[nH]c2cnc(NCc3cc4cc(Cl)ccc4[nH]c3=O)nc2[nH]1. The van der Waals surface area contributed by atoms with E-state index in [2.05, 4.69) is 30.2 Å². The molecule has 0 fully saturated rings. The van der Waals surface area contributed by atoms with E-state index < -0.39 is 0 Å². The Morgan fingerprint density at radius 3 is 2.83 bits per heavy atom. The van der Waals surface area contributed by atoms with Gasteiger partial charge in [-0.05, 0) is 24.3 Å². The lowest BCUT2D eigenvalue weighted by atomic mass is 10.1. The summed E-state index contributed by atoms with van der Waals surface area (Å²) in [7, 11) is 0. The van der Waals surface area contributed by atoms with E-state index in [0.717, 1.165) is 10.9 Å². The van der Waals surface area contributed by atoms with Gasteiger partial charge in [-0.2, -0.15) is 4.98 Å². The molecule has 9 heteroatoms. The molecule has 24 heavy (non-hydrogen) atoms. The molecule has 120 valence electrons. The van der Waals surface area contributed by atoms with E-state index in [0.29, 0.717) is 27.7 Å². The molecule has 4 aromatic rings. The Bertz CT molecular complexity index is 1180. The van der Waals surface area contributed by atoms with E-state index in [4.69, 9.17) is 11.6 Å². The van der Waals surface area contributed by atoms with Gasteiger partial charge in [-0.15, -0.1) is 0 Å². The maximum absolute atomic E-state index is 12.1. The number of H-pyrrole nitrogens is 3. The summed E-state index contributed by atoms with van der Waals surface area (Å²) in [5.41, 5.74) is 1.61. The minimum absolute atomic E-state index is 0.201. The van der Waals surface area contributed by atoms with Gasteiger partial charge in [0.05, 0.1) is 6.20 Å². The van der Waals surface area contributed by atoms with Crippen molar-refractivity contribution in [3.8, 4) is 0 Å². The molecule has 0 unspecified atom stereocenters. The number of anilines is 1. The number of nitrogens with zero attached hydrogens (tertiary/aromatic N) is 2. The van der Waals surface area contributed by atoms with Crippen LogP contribution in [-0.2, 0) is 6.54 Å². The number of hydrogen-bond donors (Lipinski definition) is 4. The Morgan fingerprint density at radius 2 is 1.96 bits per heavy atom. The molecule has 4 N–H and O–H groups in total. The summed E-state index contributed by atoms with van der Waals surface area (Å²) in [5.74, 6) is 0.309. The fourth-order valence-electron chi connectivity index (χ4n) is 2.44. The first-order chi connectivity index (χ1) is 11.6. The molecule has 0 aliphatic heterocycles. The van der Waals surface area contributed by atoms with Gasteiger partial charge in [0.1, 0.15) is 5.52 Å². The van der Waals surface area contributed by atoms with Gasteiger partial charge in [-0.3, -0.25) is 9.78 Å². The van der Waals surface area contributed by atoms with Crippen molar-refractivity contribution in [2.24, 2.45) is 0 Å². The van der Waals surface area contributed by atoms with Crippen LogP contribution in [0.25, 0.3) is 22.1 Å². The first-order valence-corrected chi connectivity index (χ1v) is 7.47. The van der Waals surface area contributed by atoms with Gasteiger partial charge in [0.25, 0.3) is 5.56 Å². The highest BCUT2D eigenvalue weighted by molar-refractivity contribution is 6.31. The van der Waals surface area contributed by atoms with Crippen LogP contribution in [0.2, 0.25) is 5.02 Å². The molecule has 8 nitrogen and oxygen atoms in total. The Balaban J connectivity index is 1.64. The van der Waals surface area contributed by atoms with Gasteiger partial charge >= 0.3 is 5.69 Å². The summed E-state index contributed by atoms with van der Waals surface area (Å²) in [6, 6.07) is 7.03. The molecule has 0 bridgehead atoms. The van der Waals surface area contributed by atoms with Crippen molar-refractivity contribution in [1.82, 2.24) is 24.9 Å². The van der Waals surface area contributed by atoms with Gasteiger partial charge < -0.3 is 15.3 Å². The first-order valence-electron chi connectivity index (χ1n) is 7.09. The van der Waals surface area contributed by atoms with E-state index in [9.17, 15) is 9.59 Å². The molecule has 3 heterocycles. The smallest absolute Gasteiger partial charge is 0.325 e. The predicted molar refractivity (Wildman–Crippen MR) is 91.4 cm³/mol. The normalized spacial score (nSPS) is 11.2. The number of fused-ring (bicyclic) bond motifs is 2. The van der Waals surface area contributed by atoms with E-state index in [1.54, 1.807) is 24.3 Å². The monoisotopic (exact) mass is 342 g/mol. The Labute approximate surface area is 138 Å². The van der Waals surface area contributed by atoms with Crippen LogP contribution in [0.5, 0.6) is 0 Å². The first kappa shape index (κ1) is 14.5. The number of hydrogen-bond acceptors (Lipinski definition) is 5. The van der Waals surface area contributed by atoms with Crippen molar-refractivity contribution in [1.29, 1.82) is 0 Å². The Hall–Kier alpha value is -3.13. The topological polar surface area (TPSA) is 119 Å². The predicted octanol–water partition coefficient (Wildman–Crippen LogP) is 1.75. The molecule has 0 aliphatic rings. The van der Waals surface area contributed by atoms with Crippen LogP contribution in [0.3, 0.4) is 0 Å². The second-order valence-corrected chi connectivity index (χ2v) is 5.68. The van der Waals surface area contributed by atoms with Crippen LogP contribution in [0, 0.1) is 0 Å². The number of imidazole rings is 1. The minimum Gasteiger partial charge on any atom is -0.350 e. The molecule has 0 radical (unpaired) electrons. The molecular weight excluding hydrogens is 332 g/mol. The summed E-state index contributed by atoms with van der Waals surface area (Å²) >= 11 is 5.98. The van der Waals surface area contributed by atoms with Gasteiger partial charge in [-0.25, -0.2) is 9.78 Å². The number of benzene rings is 1. The highest BCUT2D eigenvalue weighted by Gasteiger charge is 2.06. The molecule has 0 atom stereocenters. The zero-order valence-corrected chi connectivity index (χ0v) is 12.9. The number of nitrogens with one attached hydrogen (secondary N) is 4. The largest absolute Gasteiger partial charge is 0.350 e. The third kappa shape index (κ3) is 2.63. The summed E-state index contributed by atoms with van der Waals surface area (Å²) in [5, 5.41) is 4.41. The Morgan fingerprint density at radius 1 is 1.08 bits per heavy atom. The quantitative estimate of drug-likeness (QED) is 0.452. The third-order valence-corrected chi connectivity index (χ3v) is 3.82. The van der Waals surface area contributed by atoms with Crippen LogP contribution in [0.15, 0.2) is 40.1 Å². The minimum atomic E-state index is -0.348. The van der Waals surface area contributed by atoms with Crippen molar-refractivity contribution >= 4 is 39.6 Å². The number of halogens is 1. The number of rotatable bonds is 3. The number of pyridine rings is 1. The summed E-state index contributed by atoms with van der Waals surface area (Å²) < 4.78 is 0. The van der Waals surface area contributed by atoms with Gasteiger partial charge in [0, 0.05) is 28.0 Å². The Kier molecular flexibility index (Phi) is 3.31. The van der Waals surface area contributed by atoms with Crippen molar-refractivity contribution < 1.29 is 0 Å². The maximum atomic E-state index is 12.1. The summed E-state index contributed by atoms with van der Waals surface area (Å²) in [6.07, 6.45) is 1.49. The van der Waals surface area contributed by atoms with Gasteiger partial charge in [-0.1, -0.05) is 11.6 Å². The van der Waals surface area contributed by atoms with Crippen LogP contribution in [-0.4, -0.2) is 24.9 Å². The molecule has 1 aromatic carbocycles. The molecule has 0 saturated heterocycles. The molecule has 0 spiro atoms. The maximum Gasteiger partial charge on any atom is 0.325 e. The highest BCUT2D eigenvalue weighted by atomic mass is 35.5. The molecule has 0 saturated carbocycles. The second-order valence-electron chi connectivity index (χ2n) is 5.24. The molecule has 0 aliphatic carbocycles. The summed E-state index contributed by atoms with van der Waals surface area (Å²) in [6.45, 7) is 0.234. The van der Waals surface area contributed by atoms with E-state index in [1.807, 2.05) is 0 Å². The van der Waals surface area contributed by atoms with Gasteiger partial charge in [0.2, 0.25) is 5.95 Å². The van der Waals surface area contributed by atoms with Crippen molar-refractivity contribution in [2.45, 2.75) is 6.54 Å². The molecular formula is C15H11ClN6O2.